The highest BCUT2D eigenvalue weighted by molar-refractivity contribution is 5.66. The second-order valence-electron chi connectivity index (χ2n) is 2.96. The Bertz CT molecular complexity index is 126. The Morgan fingerprint density at radius 3 is 2.67 bits per heavy atom. The molecule has 0 rings (SSSR count). The number of ether oxygens (including phenoxy) is 1. The topological polar surface area (TPSA) is 38.3 Å². The average Bonchev–Trinajstić information content (AvgIpc) is 2.05. The van der Waals surface area contributed by atoms with Gasteiger partial charge >= 0.3 is 6.09 Å². The maximum Gasteiger partial charge on any atom is 0.407 e. The maximum absolute atomic E-state index is 10.7. The van der Waals surface area contributed by atoms with Gasteiger partial charge in [0.15, 0.2) is 0 Å². The first-order valence-corrected chi connectivity index (χ1v) is 4.59. The summed E-state index contributed by atoms with van der Waals surface area (Å²) in [6, 6.07) is 0. The summed E-state index contributed by atoms with van der Waals surface area (Å²) in [7, 11) is 1.57. The number of carbonyl (C=O) groups excluding carboxylic acids is 1. The van der Waals surface area contributed by atoms with Crippen molar-refractivity contribution in [3.63, 3.8) is 0 Å². The van der Waals surface area contributed by atoms with Gasteiger partial charge in [-0.1, -0.05) is 19.8 Å². The van der Waals surface area contributed by atoms with Crippen LogP contribution in [0.2, 0.25) is 0 Å². The standard InChI is InChI=1S/C9H19NO2/c1-4-5-6-7-8(2)12-9(11)10-3/h8H,4-7H2,1-3H3,(H,10,11). The van der Waals surface area contributed by atoms with E-state index in [9.17, 15) is 4.79 Å². The highest BCUT2D eigenvalue weighted by Gasteiger charge is 2.05. The summed E-state index contributed by atoms with van der Waals surface area (Å²) >= 11 is 0. The van der Waals surface area contributed by atoms with Crippen LogP contribution in [0.5, 0.6) is 0 Å². The van der Waals surface area contributed by atoms with Crippen LogP contribution in [0.4, 0.5) is 4.79 Å². The van der Waals surface area contributed by atoms with E-state index in [0.717, 1.165) is 12.8 Å². The Hall–Kier alpha value is -0.730. The molecule has 0 spiro atoms. The summed E-state index contributed by atoms with van der Waals surface area (Å²) in [5.74, 6) is 0. The van der Waals surface area contributed by atoms with Gasteiger partial charge in [-0.15, -0.1) is 0 Å². The fourth-order valence-electron chi connectivity index (χ4n) is 0.982. The lowest BCUT2D eigenvalue weighted by molar-refractivity contribution is 0.103. The Morgan fingerprint density at radius 2 is 2.17 bits per heavy atom. The van der Waals surface area contributed by atoms with Crippen molar-refractivity contribution >= 4 is 6.09 Å². The van der Waals surface area contributed by atoms with Crippen LogP contribution in [0, 0.1) is 0 Å². The van der Waals surface area contributed by atoms with Crippen LogP contribution in [0.1, 0.15) is 39.5 Å². The van der Waals surface area contributed by atoms with Gasteiger partial charge in [0.1, 0.15) is 6.10 Å². The molecule has 0 aliphatic heterocycles. The molecule has 0 saturated carbocycles. The van der Waals surface area contributed by atoms with Crippen molar-refractivity contribution in [2.75, 3.05) is 7.05 Å². The van der Waals surface area contributed by atoms with Gasteiger partial charge in [-0.3, -0.25) is 0 Å². The first-order chi connectivity index (χ1) is 5.70. The molecule has 12 heavy (non-hydrogen) atoms. The number of amides is 1. The molecule has 0 aromatic heterocycles. The number of hydrogen-bond donors (Lipinski definition) is 1. The molecule has 1 amide bonds. The molecule has 0 aromatic carbocycles. The molecule has 3 heteroatoms. The molecule has 1 atom stereocenters. The van der Waals surface area contributed by atoms with E-state index in [2.05, 4.69) is 12.2 Å². The van der Waals surface area contributed by atoms with Crippen LogP contribution < -0.4 is 5.32 Å². The van der Waals surface area contributed by atoms with E-state index in [1.165, 1.54) is 12.8 Å². The van der Waals surface area contributed by atoms with E-state index < -0.39 is 0 Å². The lowest BCUT2D eigenvalue weighted by Gasteiger charge is -2.11. The van der Waals surface area contributed by atoms with Crippen molar-refractivity contribution in [3.05, 3.63) is 0 Å². The average molecular weight is 173 g/mol. The smallest absolute Gasteiger partial charge is 0.407 e. The van der Waals surface area contributed by atoms with Crippen molar-refractivity contribution in [2.45, 2.75) is 45.6 Å². The number of hydrogen-bond acceptors (Lipinski definition) is 2. The summed E-state index contributed by atoms with van der Waals surface area (Å²) in [6.07, 6.45) is 4.21. The van der Waals surface area contributed by atoms with Crippen molar-refractivity contribution in [3.8, 4) is 0 Å². The van der Waals surface area contributed by atoms with E-state index in [0.29, 0.717) is 0 Å². The van der Waals surface area contributed by atoms with Crippen LogP contribution in [0.15, 0.2) is 0 Å². The molecule has 0 aliphatic carbocycles. The summed E-state index contributed by atoms with van der Waals surface area (Å²) in [4.78, 5) is 10.7. The third-order valence-corrected chi connectivity index (χ3v) is 1.73. The molecule has 0 aliphatic rings. The van der Waals surface area contributed by atoms with Gasteiger partial charge in [-0.25, -0.2) is 4.79 Å². The Morgan fingerprint density at radius 1 is 1.50 bits per heavy atom. The molecular formula is C9H19NO2. The molecule has 0 aromatic rings. The number of carbonyl (C=O) groups is 1. The molecule has 0 bridgehead atoms. The van der Waals surface area contributed by atoms with Crippen molar-refractivity contribution in [2.24, 2.45) is 0 Å². The lowest BCUT2D eigenvalue weighted by Crippen LogP contribution is -2.24. The summed E-state index contributed by atoms with van der Waals surface area (Å²) in [5.41, 5.74) is 0. The van der Waals surface area contributed by atoms with Gasteiger partial charge in [0.2, 0.25) is 0 Å². The fraction of sp³-hybridized carbons (Fsp3) is 0.889. The minimum absolute atomic E-state index is 0.0384. The highest BCUT2D eigenvalue weighted by Crippen LogP contribution is 2.05. The van der Waals surface area contributed by atoms with Gasteiger partial charge in [0, 0.05) is 7.05 Å². The quantitative estimate of drug-likeness (QED) is 0.648. The van der Waals surface area contributed by atoms with Gasteiger partial charge in [0.05, 0.1) is 0 Å². The molecule has 0 saturated heterocycles. The van der Waals surface area contributed by atoms with Crippen molar-refractivity contribution in [1.82, 2.24) is 5.32 Å². The van der Waals surface area contributed by atoms with Crippen LogP contribution in [-0.2, 0) is 4.74 Å². The number of unbranched alkanes of at least 4 members (excludes halogenated alkanes) is 2. The molecule has 3 nitrogen and oxygen atoms in total. The number of alkyl carbamates (subject to hydrolysis) is 1. The molecule has 0 fully saturated rings. The molecule has 1 N–H and O–H groups in total. The minimum atomic E-state index is -0.334. The summed E-state index contributed by atoms with van der Waals surface area (Å²) in [6.45, 7) is 4.08. The Balaban J connectivity index is 3.32. The van der Waals surface area contributed by atoms with Crippen molar-refractivity contribution in [1.29, 1.82) is 0 Å². The van der Waals surface area contributed by atoms with E-state index in [1.54, 1.807) is 7.05 Å². The van der Waals surface area contributed by atoms with Gasteiger partial charge < -0.3 is 10.1 Å². The van der Waals surface area contributed by atoms with Gasteiger partial charge in [-0.2, -0.15) is 0 Å². The number of nitrogens with one attached hydrogen (secondary N) is 1. The predicted octanol–water partition coefficient (Wildman–Crippen LogP) is 2.31. The zero-order valence-corrected chi connectivity index (χ0v) is 8.22. The Kier molecular flexibility index (Phi) is 6.53. The zero-order chi connectivity index (χ0) is 9.40. The number of rotatable bonds is 5. The second kappa shape index (κ2) is 6.95. The summed E-state index contributed by atoms with van der Waals surface area (Å²) < 4.78 is 5.00. The van der Waals surface area contributed by atoms with E-state index in [4.69, 9.17) is 4.74 Å². The second-order valence-corrected chi connectivity index (χ2v) is 2.96. The molecule has 0 radical (unpaired) electrons. The lowest BCUT2D eigenvalue weighted by atomic mass is 10.1. The SMILES string of the molecule is CCCCCC(C)OC(=O)NC. The molecule has 72 valence electrons. The van der Waals surface area contributed by atoms with Crippen LogP contribution in [0.3, 0.4) is 0 Å². The van der Waals surface area contributed by atoms with E-state index >= 15 is 0 Å². The highest BCUT2D eigenvalue weighted by atomic mass is 16.6. The Labute approximate surface area is 74.5 Å². The predicted molar refractivity (Wildman–Crippen MR) is 49.1 cm³/mol. The van der Waals surface area contributed by atoms with Crippen LogP contribution in [-0.4, -0.2) is 19.2 Å². The van der Waals surface area contributed by atoms with E-state index in [-0.39, 0.29) is 12.2 Å². The van der Waals surface area contributed by atoms with Crippen LogP contribution >= 0.6 is 0 Å². The first kappa shape index (κ1) is 11.3. The third-order valence-electron chi connectivity index (χ3n) is 1.73. The van der Waals surface area contributed by atoms with Crippen LogP contribution in [0.25, 0.3) is 0 Å². The molecule has 0 heterocycles. The van der Waals surface area contributed by atoms with Gasteiger partial charge in [0.25, 0.3) is 0 Å². The molecular weight excluding hydrogens is 154 g/mol. The fourth-order valence-corrected chi connectivity index (χ4v) is 0.982. The largest absolute Gasteiger partial charge is 0.447 e. The first-order valence-electron chi connectivity index (χ1n) is 4.59. The maximum atomic E-state index is 10.7. The van der Waals surface area contributed by atoms with E-state index in [1.807, 2.05) is 6.92 Å². The monoisotopic (exact) mass is 173 g/mol. The normalized spacial score (nSPS) is 12.2. The van der Waals surface area contributed by atoms with Crippen molar-refractivity contribution < 1.29 is 9.53 Å². The minimum Gasteiger partial charge on any atom is -0.447 e. The zero-order valence-electron chi connectivity index (χ0n) is 8.22. The summed E-state index contributed by atoms with van der Waals surface area (Å²) in [5, 5.41) is 2.43. The third kappa shape index (κ3) is 6.01. The van der Waals surface area contributed by atoms with Gasteiger partial charge in [-0.05, 0) is 19.8 Å². The molecule has 1 unspecified atom stereocenters.